The van der Waals surface area contributed by atoms with Crippen LogP contribution in [0.2, 0.25) is 5.02 Å². The number of aromatic hydroxyl groups is 1. The van der Waals surface area contributed by atoms with Crippen molar-refractivity contribution in [2.45, 2.75) is 52.7 Å². The quantitative estimate of drug-likeness (QED) is 0.509. The number of carbonyl (C=O) groups excluding carboxylic acids is 1. The number of quaternary nitrogens is 1. The van der Waals surface area contributed by atoms with Crippen molar-refractivity contribution in [2.75, 3.05) is 6.54 Å². The number of nitrogens with one attached hydrogen (secondary N) is 1. The number of aromatic nitrogens is 1. The van der Waals surface area contributed by atoms with Gasteiger partial charge >= 0.3 is 0 Å². The van der Waals surface area contributed by atoms with Gasteiger partial charge in [-0.3, -0.25) is 9.36 Å². The van der Waals surface area contributed by atoms with Crippen LogP contribution in [0.1, 0.15) is 50.4 Å². The fraction of sp³-hybridized carbons (Fsp3) is 0.423. The Morgan fingerprint density at radius 2 is 1.88 bits per heavy atom. The summed E-state index contributed by atoms with van der Waals surface area (Å²) in [4.78, 5) is 14.0. The third-order valence-electron chi connectivity index (χ3n) is 7.29. The first-order valence-corrected chi connectivity index (χ1v) is 11.9. The lowest BCUT2D eigenvalue weighted by Crippen LogP contribution is -3.13. The minimum atomic E-state index is -0.475. The molecule has 7 heteroatoms. The first-order chi connectivity index (χ1) is 15.6. The summed E-state index contributed by atoms with van der Waals surface area (Å²) in [6, 6.07) is 14.9. The van der Waals surface area contributed by atoms with Gasteiger partial charge in [-0.2, -0.15) is 0 Å². The van der Waals surface area contributed by atoms with Gasteiger partial charge < -0.3 is 10.0 Å². The summed E-state index contributed by atoms with van der Waals surface area (Å²) in [5.74, 6) is -0.417. The lowest BCUT2D eigenvalue weighted by molar-refractivity contribution is -0.936. The first-order valence-electron chi connectivity index (χ1n) is 11.5. The fourth-order valence-corrected chi connectivity index (χ4v) is 6.54. The van der Waals surface area contributed by atoms with E-state index in [-0.39, 0.29) is 5.88 Å². The third kappa shape index (κ3) is 4.18. The number of hydrogen-bond donors (Lipinski definition) is 2. The van der Waals surface area contributed by atoms with E-state index in [0.29, 0.717) is 39.8 Å². The van der Waals surface area contributed by atoms with Crippen LogP contribution in [0.3, 0.4) is 0 Å². The van der Waals surface area contributed by atoms with Gasteiger partial charge in [0.05, 0.1) is 18.1 Å². The van der Waals surface area contributed by atoms with Gasteiger partial charge in [0.15, 0.2) is 12.4 Å². The second-order valence-electron chi connectivity index (χ2n) is 10.9. The van der Waals surface area contributed by atoms with Crippen LogP contribution in [0, 0.1) is 10.8 Å². The average Bonchev–Trinajstić information content (AvgIpc) is 3.15. The molecular weight excluding hydrogens is 436 g/mol. The van der Waals surface area contributed by atoms with Gasteiger partial charge in [0.25, 0.3) is 5.91 Å². The van der Waals surface area contributed by atoms with Crippen LogP contribution in [0.15, 0.2) is 58.8 Å². The van der Waals surface area contributed by atoms with Crippen molar-refractivity contribution in [3.8, 4) is 5.88 Å². The van der Waals surface area contributed by atoms with Gasteiger partial charge in [0, 0.05) is 34.2 Å². The monoisotopic (exact) mass is 465 g/mol. The van der Waals surface area contributed by atoms with E-state index in [1.807, 2.05) is 28.8 Å². The van der Waals surface area contributed by atoms with Gasteiger partial charge in [0.1, 0.15) is 0 Å². The van der Waals surface area contributed by atoms with Gasteiger partial charge in [-0.25, -0.2) is 0 Å². The summed E-state index contributed by atoms with van der Waals surface area (Å²) in [5, 5.41) is 20.6. The summed E-state index contributed by atoms with van der Waals surface area (Å²) >= 11 is 5.90. The standard InChI is InChI=1S/C26H29ClN4O2/c1-25(2)12-19-13-26(3,14-25)15-30(19)16-31-21-7-5-4-6-20(21)22(24(31)33)28-29-23(32)17-8-10-18(27)11-9-17/h4-11,19,33H,12-16H2,1-3H3/p+1/t19-,26-/m0/s1. The Hall–Kier alpha value is -2.70. The van der Waals surface area contributed by atoms with E-state index in [1.165, 1.54) is 24.2 Å². The van der Waals surface area contributed by atoms with E-state index in [9.17, 15) is 9.90 Å². The number of carbonyl (C=O) groups is 1. The minimum absolute atomic E-state index is 0.0576. The van der Waals surface area contributed by atoms with Gasteiger partial charge in [0.2, 0.25) is 5.88 Å². The van der Waals surface area contributed by atoms with E-state index in [1.54, 1.807) is 24.3 Å². The molecule has 5 rings (SSSR count). The maximum atomic E-state index is 12.5. The molecule has 2 aromatic carbocycles. The largest absolute Gasteiger partial charge is 0.493 e. The Kier molecular flexibility index (Phi) is 5.33. The summed E-state index contributed by atoms with van der Waals surface area (Å²) < 4.78 is 1.93. The molecule has 1 unspecified atom stereocenters. The Bertz CT molecular complexity index is 1250. The Morgan fingerprint density at radius 1 is 1.15 bits per heavy atom. The number of nitrogens with zero attached hydrogens (tertiary/aromatic N) is 3. The smallest absolute Gasteiger partial charge is 0.295 e. The van der Waals surface area contributed by atoms with Crippen molar-refractivity contribution in [1.82, 2.24) is 4.57 Å². The molecule has 172 valence electrons. The molecule has 1 aliphatic heterocycles. The number of para-hydroxylation sites is 1. The molecule has 2 bridgehead atoms. The first kappa shape index (κ1) is 22.1. The molecule has 2 N–H and O–H groups in total. The summed E-state index contributed by atoms with van der Waals surface area (Å²) in [6.45, 7) is 8.92. The summed E-state index contributed by atoms with van der Waals surface area (Å²) in [6.07, 6.45) is 3.67. The maximum absolute atomic E-state index is 12.5. The number of fused-ring (bicyclic) bond motifs is 3. The van der Waals surface area contributed by atoms with E-state index in [0.717, 1.165) is 17.4 Å². The van der Waals surface area contributed by atoms with Gasteiger partial charge in [-0.15, -0.1) is 10.2 Å². The van der Waals surface area contributed by atoms with E-state index < -0.39 is 5.91 Å². The molecule has 3 aromatic rings. The fourth-order valence-electron chi connectivity index (χ4n) is 6.41. The summed E-state index contributed by atoms with van der Waals surface area (Å²) in [5.41, 5.74) is 2.33. The average molecular weight is 466 g/mol. The van der Waals surface area contributed by atoms with Crippen LogP contribution in [0.5, 0.6) is 5.88 Å². The molecule has 1 saturated carbocycles. The lowest BCUT2D eigenvalue weighted by atomic mass is 9.65. The Morgan fingerprint density at radius 3 is 2.64 bits per heavy atom. The number of benzene rings is 2. The normalized spacial score (nSPS) is 26.3. The zero-order valence-electron chi connectivity index (χ0n) is 19.3. The van der Waals surface area contributed by atoms with Crippen molar-refractivity contribution in [3.05, 3.63) is 59.1 Å². The maximum Gasteiger partial charge on any atom is 0.295 e. The number of amides is 1. The molecule has 1 amide bonds. The van der Waals surface area contributed by atoms with E-state index in [4.69, 9.17) is 11.6 Å². The molecule has 6 nitrogen and oxygen atoms in total. The van der Waals surface area contributed by atoms with Crippen molar-refractivity contribution in [2.24, 2.45) is 21.1 Å². The zero-order chi connectivity index (χ0) is 23.4. The van der Waals surface area contributed by atoms with E-state index >= 15 is 0 Å². The van der Waals surface area contributed by atoms with E-state index in [2.05, 4.69) is 31.0 Å². The molecule has 33 heavy (non-hydrogen) atoms. The van der Waals surface area contributed by atoms with Crippen LogP contribution in [0.4, 0.5) is 5.69 Å². The molecule has 2 aliphatic rings. The second-order valence-corrected chi connectivity index (χ2v) is 11.3. The molecule has 0 radical (unpaired) electrons. The number of likely N-dealkylation sites (tertiary alicyclic amines) is 1. The highest BCUT2D eigenvalue weighted by Gasteiger charge is 2.52. The molecule has 1 saturated heterocycles. The van der Waals surface area contributed by atoms with Crippen LogP contribution in [-0.4, -0.2) is 28.2 Å². The van der Waals surface area contributed by atoms with Crippen LogP contribution < -0.4 is 4.90 Å². The number of hydrogen-bond acceptors (Lipinski definition) is 3. The molecule has 1 aromatic heterocycles. The Labute approximate surface area is 198 Å². The lowest BCUT2D eigenvalue weighted by Gasteiger charge is -2.37. The van der Waals surface area contributed by atoms with Crippen LogP contribution in [0.25, 0.3) is 10.9 Å². The molecule has 0 spiro atoms. The second kappa shape index (κ2) is 7.96. The van der Waals surface area contributed by atoms with Gasteiger partial charge in [-0.05, 0) is 42.2 Å². The molecule has 3 atom stereocenters. The SMILES string of the molecule is CC1(C)C[C@H]2C[C@](C)(C[NH+]2Cn2c(O)c(N=NC(=O)c3ccc(Cl)cc3)c3ccccc32)C1. The highest BCUT2D eigenvalue weighted by atomic mass is 35.5. The third-order valence-corrected chi connectivity index (χ3v) is 7.54. The molecular formula is C26H30ClN4O2+. The van der Waals surface area contributed by atoms with Crippen molar-refractivity contribution in [3.63, 3.8) is 0 Å². The molecule has 2 fully saturated rings. The predicted octanol–water partition coefficient (Wildman–Crippen LogP) is 5.37. The highest BCUT2D eigenvalue weighted by Crippen LogP contribution is 2.47. The topological polar surface area (TPSA) is 71.4 Å². The predicted molar refractivity (Wildman–Crippen MR) is 129 cm³/mol. The van der Waals surface area contributed by atoms with Crippen LogP contribution >= 0.6 is 11.6 Å². The summed E-state index contributed by atoms with van der Waals surface area (Å²) in [7, 11) is 0. The minimum Gasteiger partial charge on any atom is -0.493 e. The highest BCUT2D eigenvalue weighted by molar-refractivity contribution is 6.30. The Balaban J connectivity index is 1.46. The van der Waals surface area contributed by atoms with Crippen molar-refractivity contribution >= 4 is 34.1 Å². The number of halogens is 1. The van der Waals surface area contributed by atoms with Gasteiger partial charge in [-0.1, -0.05) is 50.6 Å². The molecule has 2 heterocycles. The van der Waals surface area contributed by atoms with Crippen molar-refractivity contribution < 1.29 is 14.8 Å². The number of azo groups is 1. The van der Waals surface area contributed by atoms with Crippen LogP contribution in [-0.2, 0) is 6.67 Å². The van der Waals surface area contributed by atoms with Crippen molar-refractivity contribution in [1.29, 1.82) is 0 Å². The zero-order valence-corrected chi connectivity index (χ0v) is 20.1. The number of rotatable bonds is 4. The molecule has 1 aliphatic carbocycles.